The van der Waals surface area contributed by atoms with Gasteiger partial charge in [0, 0.05) is 18.0 Å². The largest absolute Gasteiger partial charge is 0.289 e. The van der Waals surface area contributed by atoms with Gasteiger partial charge in [0.25, 0.3) is 11.8 Å². The SMILES string of the molecule is O=C(NNC(=O)c1cnccn1)c1cccc(F)c1. The number of hydrazine groups is 1. The first-order valence-corrected chi connectivity index (χ1v) is 5.29. The molecule has 0 aliphatic rings. The zero-order chi connectivity index (χ0) is 13.7. The Hall–Kier alpha value is -2.83. The van der Waals surface area contributed by atoms with Gasteiger partial charge in [0.15, 0.2) is 0 Å². The van der Waals surface area contributed by atoms with E-state index in [1.807, 2.05) is 0 Å². The number of amides is 2. The van der Waals surface area contributed by atoms with E-state index in [-0.39, 0.29) is 11.3 Å². The second-order valence-electron chi connectivity index (χ2n) is 3.51. The van der Waals surface area contributed by atoms with Crippen LogP contribution in [-0.4, -0.2) is 21.8 Å². The summed E-state index contributed by atoms with van der Waals surface area (Å²) in [5, 5.41) is 0. The van der Waals surface area contributed by atoms with Crippen LogP contribution in [0.2, 0.25) is 0 Å². The van der Waals surface area contributed by atoms with E-state index in [1.54, 1.807) is 0 Å². The molecule has 1 heterocycles. The van der Waals surface area contributed by atoms with Crippen LogP contribution in [0, 0.1) is 5.82 Å². The first-order chi connectivity index (χ1) is 9.16. The zero-order valence-electron chi connectivity index (χ0n) is 9.63. The van der Waals surface area contributed by atoms with E-state index >= 15 is 0 Å². The van der Waals surface area contributed by atoms with Crippen LogP contribution < -0.4 is 10.9 Å². The van der Waals surface area contributed by atoms with Gasteiger partial charge in [0.2, 0.25) is 0 Å². The Labute approximate surface area is 107 Å². The van der Waals surface area contributed by atoms with Gasteiger partial charge in [-0.05, 0) is 18.2 Å². The molecule has 0 saturated heterocycles. The molecule has 0 saturated carbocycles. The van der Waals surface area contributed by atoms with E-state index < -0.39 is 17.6 Å². The summed E-state index contributed by atoms with van der Waals surface area (Å²) in [5.74, 6) is -1.78. The van der Waals surface area contributed by atoms with Gasteiger partial charge in [0.1, 0.15) is 11.5 Å². The van der Waals surface area contributed by atoms with E-state index in [9.17, 15) is 14.0 Å². The molecule has 0 fully saturated rings. The van der Waals surface area contributed by atoms with Crippen molar-refractivity contribution < 1.29 is 14.0 Å². The molecule has 2 N–H and O–H groups in total. The van der Waals surface area contributed by atoms with Crippen molar-refractivity contribution in [2.45, 2.75) is 0 Å². The maximum atomic E-state index is 12.9. The van der Waals surface area contributed by atoms with Crippen molar-refractivity contribution in [3.05, 3.63) is 59.9 Å². The molecule has 96 valence electrons. The number of carbonyl (C=O) groups is 2. The van der Waals surface area contributed by atoms with Crippen LogP contribution >= 0.6 is 0 Å². The fourth-order valence-electron chi connectivity index (χ4n) is 1.30. The molecule has 1 aromatic heterocycles. The van der Waals surface area contributed by atoms with Gasteiger partial charge in [-0.25, -0.2) is 9.37 Å². The molecule has 7 heteroatoms. The van der Waals surface area contributed by atoms with Crippen LogP contribution in [0.4, 0.5) is 4.39 Å². The molecule has 2 amide bonds. The van der Waals surface area contributed by atoms with Crippen molar-refractivity contribution in [3.8, 4) is 0 Å². The fraction of sp³-hybridized carbons (Fsp3) is 0. The summed E-state index contributed by atoms with van der Waals surface area (Å²) < 4.78 is 12.9. The Morgan fingerprint density at radius 1 is 1.11 bits per heavy atom. The van der Waals surface area contributed by atoms with Crippen molar-refractivity contribution in [2.24, 2.45) is 0 Å². The first kappa shape index (κ1) is 12.6. The number of aromatic nitrogens is 2. The van der Waals surface area contributed by atoms with Gasteiger partial charge in [-0.2, -0.15) is 0 Å². The first-order valence-electron chi connectivity index (χ1n) is 5.29. The molecule has 1 aromatic carbocycles. The molecule has 2 aromatic rings. The molecular formula is C12H9FN4O2. The van der Waals surface area contributed by atoms with Gasteiger partial charge >= 0.3 is 0 Å². The lowest BCUT2D eigenvalue weighted by atomic mass is 10.2. The van der Waals surface area contributed by atoms with Gasteiger partial charge in [0.05, 0.1) is 6.20 Å². The standard InChI is InChI=1S/C12H9FN4O2/c13-9-3-1-2-8(6-9)11(18)16-17-12(19)10-7-14-4-5-15-10/h1-7H,(H,16,18)(H,17,19). The Kier molecular flexibility index (Phi) is 3.77. The van der Waals surface area contributed by atoms with Crippen molar-refractivity contribution in [1.82, 2.24) is 20.8 Å². The number of nitrogens with one attached hydrogen (secondary N) is 2. The predicted octanol–water partition coefficient (Wildman–Crippen LogP) is 0.690. The van der Waals surface area contributed by atoms with Gasteiger partial charge in [-0.1, -0.05) is 6.07 Å². The van der Waals surface area contributed by atoms with Crippen LogP contribution in [0.25, 0.3) is 0 Å². The summed E-state index contributed by atoms with van der Waals surface area (Å²) >= 11 is 0. The lowest BCUT2D eigenvalue weighted by Crippen LogP contribution is -2.42. The topological polar surface area (TPSA) is 84.0 Å². The third-order valence-corrected chi connectivity index (χ3v) is 2.17. The number of nitrogens with zero attached hydrogens (tertiary/aromatic N) is 2. The van der Waals surface area contributed by atoms with Crippen LogP contribution in [-0.2, 0) is 0 Å². The number of carbonyl (C=O) groups excluding carboxylic acids is 2. The molecule has 0 radical (unpaired) electrons. The lowest BCUT2D eigenvalue weighted by molar-refractivity contribution is 0.0843. The molecule has 0 bridgehead atoms. The molecule has 0 aliphatic carbocycles. The van der Waals surface area contributed by atoms with Crippen molar-refractivity contribution >= 4 is 11.8 Å². The average molecular weight is 260 g/mol. The summed E-state index contributed by atoms with van der Waals surface area (Å²) in [4.78, 5) is 30.6. The van der Waals surface area contributed by atoms with Crippen LogP contribution in [0.3, 0.4) is 0 Å². The average Bonchev–Trinajstić information content (AvgIpc) is 2.45. The Morgan fingerprint density at radius 2 is 1.89 bits per heavy atom. The summed E-state index contributed by atoms with van der Waals surface area (Å²) in [5.41, 5.74) is 4.46. The lowest BCUT2D eigenvalue weighted by Gasteiger charge is -2.06. The Morgan fingerprint density at radius 3 is 2.58 bits per heavy atom. The van der Waals surface area contributed by atoms with Gasteiger partial charge < -0.3 is 0 Å². The van der Waals surface area contributed by atoms with E-state index in [1.165, 1.54) is 36.8 Å². The smallest absolute Gasteiger partial charge is 0.267 e. The fourth-order valence-corrected chi connectivity index (χ4v) is 1.30. The van der Waals surface area contributed by atoms with Gasteiger partial charge in [-0.15, -0.1) is 0 Å². The van der Waals surface area contributed by atoms with E-state index in [0.29, 0.717) is 0 Å². The van der Waals surface area contributed by atoms with Crippen molar-refractivity contribution in [2.75, 3.05) is 0 Å². The molecular weight excluding hydrogens is 251 g/mol. The predicted molar refractivity (Wildman–Crippen MR) is 63.4 cm³/mol. The molecule has 0 aliphatic heterocycles. The summed E-state index contributed by atoms with van der Waals surface area (Å²) in [6, 6.07) is 5.10. The maximum Gasteiger partial charge on any atom is 0.289 e. The monoisotopic (exact) mass is 260 g/mol. The molecule has 0 spiro atoms. The minimum Gasteiger partial charge on any atom is -0.267 e. The minimum absolute atomic E-state index is 0.0574. The van der Waals surface area contributed by atoms with E-state index in [2.05, 4.69) is 20.8 Å². The molecule has 0 atom stereocenters. The molecule has 19 heavy (non-hydrogen) atoms. The Bertz CT molecular complexity index is 604. The quantitative estimate of drug-likeness (QED) is 0.778. The number of rotatable bonds is 2. The van der Waals surface area contributed by atoms with Crippen molar-refractivity contribution in [1.29, 1.82) is 0 Å². The Balaban J connectivity index is 1.96. The third-order valence-electron chi connectivity index (χ3n) is 2.17. The van der Waals surface area contributed by atoms with E-state index in [0.717, 1.165) is 6.07 Å². The second kappa shape index (κ2) is 5.67. The van der Waals surface area contributed by atoms with Crippen LogP contribution in [0.1, 0.15) is 20.8 Å². The number of hydrogen-bond donors (Lipinski definition) is 2. The van der Waals surface area contributed by atoms with E-state index in [4.69, 9.17) is 0 Å². The van der Waals surface area contributed by atoms with Crippen LogP contribution in [0.15, 0.2) is 42.9 Å². The highest BCUT2D eigenvalue weighted by atomic mass is 19.1. The number of hydrogen-bond acceptors (Lipinski definition) is 4. The maximum absolute atomic E-state index is 12.9. The molecule has 0 unspecified atom stereocenters. The second-order valence-corrected chi connectivity index (χ2v) is 3.51. The summed E-state index contributed by atoms with van der Waals surface area (Å²) in [7, 11) is 0. The normalized spacial score (nSPS) is 9.74. The highest BCUT2D eigenvalue weighted by Gasteiger charge is 2.10. The number of halogens is 1. The van der Waals surface area contributed by atoms with Crippen molar-refractivity contribution in [3.63, 3.8) is 0 Å². The molecule has 6 nitrogen and oxygen atoms in total. The highest BCUT2D eigenvalue weighted by Crippen LogP contribution is 2.02. The minimum atomic E-state index is -0.628. The molecule has 2 rings (SSSR count). The highest BCUT2D eigenvalue weighted by molar-refractivity contribution is 5.98. The van der Waals surface area contributed by atoms with Crippen LogP contribution in [0.5, 0.6) is 0 Å². The van der Waals surface area contributed by atoms with Gasteiger partial charge in [-0.3, -0.25) is 25.4 Å². The zero-order valence-corrected chi connectivity index (χ0v) is 9.63. The summed E-state index contributed by atoms with van der Waals surface area (Å²) in [6.45, 7) is 0. The number of benzene rings is 1. The summed E-state index contributed by atoms with van der Waals surface area (Å²) in [6.07, 6.45) is 4.02. The third kappa shape index (κ3) is 3.32.